The molecule has 2 fully saturated rings. The molecule has 2 saturated heterocycles. The third-order valence-corrected chi connectivity index (χ3v) is 5.54. The second kappa shape index (κ2) is 7.79. The molecule has 5 nitrogen and oxygen atoms in total. The lowest BCUT2D eigenvalue weighted by Crippen LogP contribution is -2.41. The minimum Gasteiger partial charge on any atom is -0.391 e. The molecule has 4 rings (SSSR count). The van der Waals surface area contributed by atoms with E-state index in [1.807, 2.05) is 12.3 Å². The van der Waals surface area contributed by atoms with Crippen LogP contribution in [0, 0.1) is 5.92 Å². The van der Waals surface area contributed by atoms with E-state index < -0.39 is 0 Å². The number of morpholine rings is 1. The highest BCUT2D eigenvalue weighted by Crippen LogP contribution is 2.25. The number of ether oxygens (including phenoxy) is 1. The largest absolute Gasteiger partial charge is 0.391 e. The first kappa shape index (κ1) is 16.9. The van der Waals surface area contributed by atoms with E-state index in [-0.39, 0.29) is 6.10 Å². The second-order valence-electron chi connectivity index (χ2n) is 7.23. The highest BCUT2D eigenvalue weighted by molar-refractivity contribution is 5.81. The molecule has 0 radical (unpaired) electrons. The van der Waals surface area contributed by atoms with Crippen LogP contribution in [0.3, 0.4) is 0 Å². The first-order chi connectivity index (χ1) is 12.3. The van der Waals surface area contributed by atoms with Crippen LogP contribution in [0.5, 0.6) is 0 Å². The molecule has 0 aliphatic carbocycles. The Morgan fingerprint density at radius 3 is 2.72 bits per heavy atom. The van der Waals surface area contributed by atoms with Crippen molar-refractivity contribution in [1.29, 1.82) is 0 Å². The molecule has 2 aliphatic rings. The fraction of sp³-hybridized carbons (Fsp3) is 0.550. The van der Waals surface area contributed by atoms with E-state index in [1.165, 1.54) is 10.9 Å². The molecule has 0 unspecified atom stereocenters. The molecule has 1 aromatic carbocycles. The average Bonchev–Trinajstić information content (AvgIpc) is 3.01. The summed E-state index contributed by atoms with van der Waals surface area (Å²) in [7, 11) is 0. The summed E-state index contributed by atoms with van der Waals surface area (Å²) in [5, 5.41) is 11.8. The normalized spacial score (nSPS) is 25.6. The van der Waals surface area contributed by atoms with Crippen LogP contribution >= 0.6 is 0 Å². The molecule has 0 bridgehead atoms. The number of aliphatic hydroxyl groups excluding tert-OH is 1. The SMILES string of the molecule is O[C@@H]1CN(CCN2CCOCC2)C[C@H]1Cc1ccnc2ccccc12. The van der Waals surface area contributed by atoms with Gasteiger partial charge in [0.2, 0.25) is 0 Å². The molecule has 3 heterocycles. The van der Waals surface area contributed by atoms with Gasteiger partial charge in [0.05, 0.1) is 24.8 Å². The van der Waals surface area contributed by atoms with Crippen molar-refractivity contribution < 1.29 is 9.84 Å². The number of fused-ring (bicyclic) bond motifs is 1. The first-order valence-corrected chi connectivity index (χ1v) is 9.33. The van der Waals surface area contributed by atoms with E-state index in [9.17, 15) is 5.11 Å². The van der Waals surface area contributed by atoms with Crippen molar-refractivity contribution >= 4 is 10.9 Å². The van der Waals surface area contributed by atoms with Gasteiger partial charge in [-0.25, -0.2) is 0 Å². The topological polar surface area (TPSA) is 48.8 Å². The zero-order chi connectivity index (χ0) is 17.1. The van der Waals surface area contributed by atoms with Gasteiger partial charge in [-0.05, 0) is 24.1 Å². The zero-order valence-electron chi connectivity index (χ0n) is 14.7. The smallest absolute Gasteiger partial charge is 0.0710 e. The van der Waals surface area contributed by atoms with Gasteiger partial charge in [0.15, 0.2) is 0 Å². The summed E-state index contributed by atoms with van der Waals surface area (Å²) < 4.78 is 5.41. The molecule has 134 valence electrons. The fourth-order valence-corrected chi connectivity index (χ4v) is 4.05. The number of aromatic nitrogens is 1. The minimum atomic E-state index is -0.239. The predicted molar refractivity (Wildman–Crippen MR) is 98.6 cm³/mol. The highest BCUT2D eigenvalue weighted by Gasteiger charge is 2.31. The van der Waals surface area contributed by atoms with E-state index in [0.29, 0.717) is 5.92 Å². The van der Waals surface area contributed by atoms with Crippen LogP contribution in [0.4, 0.5) is 0 Å². The number of pyridine rings is 1. The minimum absolute atomic E-state index is 0.239. The lowest BCUT2D eigenvalue weighted by atomic mass is 9.94. The summed E-state index contributed by atoms with van der Waals surface area (Å²) in [6, 6.07) is 10.4. The second-order valence-corrected chi connectivity index (χ2v) is 7.23. The predicted octanol–water partition coefficient (Wildman–Crippen LogP) is 1.40. The molecule has 0 saturated carbocycles. The number of rotatable bonds is 5. The molecule has 1 N–H and O–H groups in total. The molecule has 0 amide bonds. The van der Waals surface area contributed by atoms with Gasteiger partial charge in [0, 0.05) is 56.8 Å². The van der Waals surface area contributed by atoms with E-state index in [4.69, 9.17) is 4.74 Å². The lowest BCUT2D eigenvalue weighted by Gasteiger charge is -2.28. The molecule has 0 spiro atoms. The monoisotopic (exact) mass is 341 g/mol. The van der Waals surface area contributed by atoms with Crippen molar-refractivity contribution in [1.82, 2.24) is 14.8 Å². The fourth-order valence-electron chi connectivity index (χ4n) is 4.05. The number of hydrogen-bond acceptors (Lipinski definition) is 5. The summed E-state index contributed by atoms with van der Waals surface area (Å²) in [5.41, 5.74) is 2.33. The van der Waals surface area contributed by atoms with Crippen molar-refractivity contribution in [3.8, 4) is 0 Å². The van der Waals surface area contributed by atoms with Crippen LogP contribution in [-0.2, 0) is 11.2 Å². The summed E-state index contributed by atoms with van der Waals surface area (Å²) in [5.74, 6) is 0.301. The van der Waals surface area contributed by atoms with Crippen molar-refractivity contribution in [2.75, 3.05) is 52.5 Å². The Morgan fingerprint density at radius 1 is 1.04 bits per heavy atom. The van der Waals surface area contributed by atoms with Crippen LogP contribution in [0.2, 0.25) is 0 Å². The third-order valence-electron chi connectivity index (χ3n) is 5.54. The third kappa shape index (κ3) is 4.01. The Kier molecular flexibility index (Phi) is 5.27. The van der Waals surface area contributed by atoms with E-state index in [1.54, 1.807) is 0 Å². The summed E-state index contributed by atoms with van der Waals surface area (Å²) in [6.07, 6.45) is 2.56. The molecule has 5 heteroatoms. The molecule has 2 atom stereocenters. The molecule has 2 aliphatic heterocycles. The van der Waals surface area contributed by atoms with Gasteiger partial charge in [-0.1, -0.05) is 18.2 Å². The van der Waals surface area contributed by atoms with Gasteiger partial charge in [-0.2, -0.15) is 0 Å². The van der Waals surface area contributed by atoms with Crippen molar-refractivity contribution in [3.63, 3.8) is 0 Å². The standard InChI is InChI=1S/C20H27N3O2/c24-20-15-23(8-7-22-9-11-25-12-10-22)14-17(20)13-16-5-6-21-19-4-2-1-3-18(16)19/h1-6,17,20,24H,7-15H2/t17-,20-/m1/s1. The Labute approximate surface area is 149 Å². The molecule has 2 aromatic rings. The summed E-state index contributed by atoms with van der Waals surface area (Å²) in [6.45, 7) is 7.62. The summed E-state index contributed by atoms with van der Waals surface area (Å²) in [4.78, 5) is 9.31. The van der Waals surface area contributed by atoms with Gasteiger partial charge >= 0.3 is 0 Å². The van der Waals surface area contributed by atoms with Crippen molar-refractivity contribution in [3.05, 3.63) is 42.1 Å². The zero-order valence-corrected chi connectivity index (χ0v) is 14.7. The van der Waals surface area contributed by atoms with Gasteiger partial charge in [-0.3, -0.25) is 14.8 Å². The van der Waals surface area contributed by atoms with Crippen LogP contribution < -0.4 is 0 Å². The van der Waals surface area contributed by atoms with Gasteiger partial charge in [0.25, 0.3) is 0 Å². The van der Waals surface area contributed by atoms with Crippen LogP contribution in [0.1, 0.15) is 5.56 Å². The number of para-hydroxylation sites is 1. The number of benzene rings is 1. The van der Waals surface area contributed by atoms with Gasteiger partial charge in [0.1, 0.15) is 0 Å². The molecular formula is C20H27N3O2. The number of likely N-dealkylation sites (tertiary alicyclic amines) is 1. The van der Waals surface area contributed by atoms with Crippen LogP contribution in [0.15, 0.2) is 36.5 Å². The Bertz CT molecular complexity index is 697. The number of nitrogens with zero attached hydrogens (tertiary/aromatic N) is 3. The maximum atomic E-state index is 10.5. The summed E-state index contributed by atoms with van der Waals surface area (Å²) >= 11 is 0. The molecule has 1 aromatic heterocycles. The van der Waals surface area contributed by atoms with Gasteiger partial charge < -0.3 is 9.84 Å². The van der Waals surface area contributed by atoms with E-state index in [2.05, 4.69) is 39.0 Å². The maximum absolute atomic E-state index is 10.5. The van der Waals surface area contributed by atoms with E-state index >= 15 is 0 Å². The van der Waals surface area contributed by atoms with Crippen LogP contribution in [0.25, 0.3) is 10.9 Å². The maximum Gasteiger partial charge on any atom is 0.0710 e. The number of β-amino-alcohol motifs (C(OH)–C–C–N with tert-alkyl or cyclic N) is 1. The number of aliphatic hydroxyl groups is 1. The quantitative estimate of drug-likeness (QED) is 0.891. The lowest BCUT2D eigenvalue weighted by molar-refractivity contribution is 0.0338. The van der Waals surface area contributed by atoms with Gasteiger partial charge in [-0.15, -0.1) is 0 Å². The van der Waals surface area contributed by atoms with Crippen LogP contribution in [-0.4, -0.2) is 78.5 Å². The highest BCUT2D eigenvalue weighted by atomic mass is 16.5. The Hall–Kier alpha value is -1.53. The van der Waals surface area contributed by atoms with Crippen molar-refractivity contribution in [2.45, 2.75) is 12.5 Å². The Morgan fingerprint density at radius 2 is 1.84 bits per heavy atom. The van der Waals surface area contributed by atoms with E-state index in [0.717, 1.165) is 64.4 Å². The molecule has 25 heavy (non-hydrogen) atoms. The average molecular weight is 341 g/mol. The molecular weight excluding hydrogens is 314 g/mol. The Balaban J connectivity index is 1.36. The number of hydrogen-bond donors (Lipinski definition) is 1. The van der Waals surface area contributed by atoms with Crippen molar-refractivity contribution in [2.24, 2.45) is 5.92 Å². The first-order valence-electron chi connectivity index (χ1n) is 9.33.